The standard InChI is InChI=1S/C10H15N3O4/c1-16-6-8-11-12-9(17-8)10(15)13-4-2-3-7(14)5-13/h7,14H,2-6H2,1H3/t7-/m1/s1. The summed E-state index contributed by atoms with van der Waals surface area (Å²) in [4.78, 5) is 13.5. The van der Waals surface area contributed by atoms with Crippen molar-refractivity contribution in [2.75, 3.05) is 20.2 Å². The summed E-state index contributed by atoms with van der Waals surface area (Å²) in [7, 11) is 1.51. The van der Waals surface area contributed by atoms with Crippen LogP contribution in [0.2, 0.25) is 0 Å². The minimum atomic E-state index is -0.464. The third-order valence-electron chi connectivity index (χ3n) is 2.60. The first-order chi connectivity index (χ1) is 8.20. The molecule has 7 nitrogen and oxygen atoms in total. The Morgan fingerprint density at radius 3 is 3.18 bits per heavy atom. The normalized spacial score (nSPS) is 20.6. The molecule has 1 atom stereocenters. The minimum absolute atomic E-state index is 0.0499. The van der Waals surface area contributed by atoms with Gasteiger partial charge in [0.05, 0.1) is 6.10 Å². The number of likely N-dealkylation sites (tertiary alicyclic amines) is 1. The van der Waals surface area contributed by atoms with Gasteiger partial charge in [0.1, 0.15) is 6.61 Å². The van der Waals surface area contributed by atoms with Gasteiger partial charge in [-0.25, -0.2) is 0 Å². The SMILES string of the molecule is COCc1nnc(C(=O)N2CCC[C@@H](O)C2)o1. The van der Waals surface area contributed by atoms with E-state index in [0.29, 0.717) is 13.1 Å². The Bertz CT molecular complexity index is 393. The van der Waals surface area contributed by atoms with E-state index < -0.39 is 6.10 Å². The lowest BCUT2D eigenvalue weighted by Crippen LogP contribution is -2.42. The lowest BCUT2D eigenvalue weighted by molar-refractivity contribution is 0.0437. The van der Waals surface area contributed by atoms with Gasteiger partial charge < -0.3 is 19.2 Å². The van der Waals surface area contributed by atoms with Gasteiger partial charge in [-0.1, -0.05) is 0 Å². The maximum absolute atomic E-state index is 11.9. The molecule has 94 valence electrons. The zero-order chi connectivity index (χ0) is 12.3. The fourth-order valence-electron chi connectivity index (χ4n) is 1.80. The highest BCUT2D eigenvalue weighted by molar-refractivity contribution is 5.89. The Morgan fingerprint density at radius 1 is 1.65 bits per heavy atom. The lowest BCUT2D eigenvalue weighted by Gasteiger charge is -2.28. The third kappa shape index (κ3) is 2.80. The summed E-state index contributed by atoms with van der Waals surface area (Å²) in [5.41, 5.74) is 0. The van der Waals surface area contributed by atoms with Crippen LogP contribution in [0.3, 0.4) is 0 Å². The second-order valence-electron chi connectivity index (χ2n) is 3.98. The molecule has 0 aliphatic carbocycles. The molecule has 1 aromatic heterocycles. The number of hydrogen-bond donors (Lipinski definition) is 1. The van der Waals surface area contributed by atoms with Crippen LogP contribution >= 0.6 is 0 Å². The van der Waals surface area contributed by atoms with Crippen molar-refractivity contribution in [3.05, 3.63) is 11.8 Å². The van der Waals surface area contributed by atoms with Crippen LogP contribution in [0.15, 0.2) is 4.42 Å². The van der Waals surface area contributed by atoms with Gasteiger partial charge in [0.15, 0.2) is 0 Å². The van der Waals surface area contributed by atoms with Crippen LogP contribution in [0.5, 0.6) is 0 Å². The van der Waals surface area contributed by atoms with Crippen molar-refractivity contribution in [1.29, 1.82) is 0 Å². The fourth-order valence-corrected chi connectivity index (χ4v) is 1.80. The molecule has 1 aliphatic rings. The van der Waals surface area contributed by atoms with E-state index in [1.807, 2.05) is 0 Å². The highest BCUT2D eigenvalue weighted by atomic mass is 16.5. The van der Waals surface area contributed by atoms with Crippen LogP contribution in [0.25, 0.3) is 0 Å². The van der Waals surface area contributed by atoms with Gasteiger partial charge in [-0.2, -0.15) is 0 Å². The van der Waals surface area contributed by atoms with Crippen LogP contribution < -0.4 is 0 Å². The number of methoxy groups -OCH3 is 1. The molecule has 1 saturated heterocycles. The quantitative estimate of drug-likeness (QED) is 0.789. The smallest absolute Gasteiger partial charge is 0.311 e. The van der Waals surface area contributed by atoms with Gasteiger partial charge in [-0.3, -0.25) is 4.79 Å². The predicted octanol–water partition coefficient (Wildman–Crippen LogP) is -0.187. The summed E-state index contributed by atoms with van der Waals surface area (Å²) in [6, 6.07) is 0. The molecule has 1 fully saturated rings. The number of amides is 1. The van der Waals surface area contributed by atoms with E-state index in [9.17, 15) is 9.90 Å². The molecule has 0 aromatic carbocycles. The van der Waals surface area contributed by atoms with Crippen LogP contribution in [-0.2, 0) is 11.3 Å². The first kappa shape index (κ1) is 12.0. The van der Waals surface area contributed by atoms with Crippen molar-refractivity contribution in [1.82, 2.24) is 15.1 Å². The molecule has 1 amide bonds. The van der Waals surface area contributed by atoms with E-state index in [1.165, 1.54) is 12.0 Å². The second kappa shape index (κ2) is 5.24. The van der Waals surface area contributed by atoms with E-state index in [-0.39, 0.29) is 24.3 Å². The van der Waals surface area contributed by atoms with Gasteiger partial charge >= 0.3 is 11.8 Å². The van der Waals surface area contributed by atoms with Gasteiger partial charge in [0.25, 0.3) is 0 Å². The summed E-state index contributed by atoms with van der Waals surface area (Å²) >= 11 is 0. The Hall–Kier alpha value is -1.47. The van der Waals surface area contributed by atoms with E-state index in [1.54, 1.807) is 0 Å². The third-order valence-corrected chi connectivity index (χ3v) is 2.60. The topological polar surface area (TPSA) is 88.7 Å². The Kier molecular flexibility index (Phi) is 3.70. The lowest BCUT2D eigenvalue weighted by atomic mass is 10.1. The fraction of sp³-hybridized carbons (Fsp3) is 0.700. The van der Waals surface area contributed by atoms with Gasteiger partial charge in [0, 0.05) is 20.2 Å². The molecular weight excluding hydrogens is 226 g/mol. The minimum Gasteiger partial charge on any atom is -0.414 e. The maximum Gasteiger partial charge on any atom is 0.311 e. The van der Waals surface area contributed by atoms with Gasteiger partial charge in [0.2, 0.25) is 5.89 Å². The first-order valence-corrected chi connectivity index (χ1v) is 5.49. The molecule has 2 heterocycles. The number of hydrogen-bond acceptors (Lipinski definition) is 6. The molecule has 0 radical (unpaired) electrons. The van der Waals surface area contributed by atoms with Crippen molar-refractivity contribution in [2.45, 2.75) is 25.6 Å². The first-order valence-electron chi connectivity index (χ1n) is 5.49. The highest BCUT2D eigenvalue weighted by Crippen LogP contribution is 2.13. The van der Waals surface area contributed by atoms with Crippen LogP contribution in [0.1, 0.15) is 29.4 Å². The van der Waals surface area contributed by atoms with Crippen LogP contribution in [-0.4, -0.2) is 52.4 Å². The maximum atomic E-state index is 11.9. The number of rotatable bonds is 3. The van der Waals surface area contributed by atoms with Gasteiger partial charge in [-0.15, -0.1) is 10.2 Å². The molecule has 1 aliphatic heterocycles. The van der Waals surface area contributed by atoms with Crippen molar-refractivity contribution < 1.29 is 19.1 Å². The van der Waals surface area contributed by atoms with Crippen LogP contribution in [0.4, 0.5) is 0 Å². The number of carbonyl (C=O) groups is 1. The van der Waals surface area contributed by atoms with Crippen molar-refractivity contribution in [3.63, 3.8) is 0 Å². The zero-order valence-electron chi connectivity index (χ0n) is 9.63. The number of ether oxygens (including phenoxy) is 1. The van der Waals surface area contributed by atoms with E-state index in [0.717, 1.165) is 12.8 Å². The molecule has 0 unspecified atom stereocenters. The molecule has 7 heteroatoms. The monoisotopic (exact) mass is 241 g/mol. The van der Waals surface area contributed by atoms with Crippen molar-refractivity contribution >= 4 is 5.91 Å². The average molecular weight is 241 g/mol. The Balaban J connectivity index is 2.02. The largest absolute Gasteiger partial charge is 0.414 e. The number of aliphatic hydroxyl groups excluding tert-OH is 1. The predicted molar refractivity (Wildman–Crippen MR) is 56.2 cm³/mol. The molecule has 17 heavy (non-hydrogen) atoms. The Labute approximate surface area is 98.4 Å². The number of piperidine rings is 1. The molecule has 0 bridgehead atoms. The van der Waals surface area contributed by atoms with E-state index >= 15 is 0 Å². The molecule has 0 saturated carbocycles. The van der Waals surface area contributed by atoms with Gasteiger partial charge in [-0.05, 0) is 12.8 Å². The van der Waals surface area contributed by atoms with E-state index in [4.69, 9.17) is 9.15 Å². The molecule has 1 N–H and O–H groups in total. The molecular formula is C10H15N3O4. The molecule has 2 rings (SSSR count). The number of aromatic nitrogens is 2. The van der Waals surface area contributed by atoms with Crippen LogP contribution in [0, 0.1) is 0 Å². The molecule has 0 spiro atoms. The number of carbonyl (C=O) groups excluding carboxylic acids is 1. The molecule has 1 aromatic rings. The van der Waals surface area contributed by atoms with E-state index in [2.05, 4.69) is 10.2 Å². The highest BCUT2D eigenvalue weighted by Gasteiger charge is 2.26. The summed E-state index contributed by atoms with van der Waals surface area (Å²) < 4.78 is 9.98. The summed E-state index contributed by atoms with van der Waals surface area (Å²) in [6.45, 7) is 1.11. The summed E-state index contributed by atoms with van der Waals surface area (Å²) in [5, 5.41) is 16.8. The average Bonchev–Trinajstić information content (AvgIpc) is 2.77. The van der Waals surface area contributed by atoms with Crippen molar-refractivity contribution in [3.8, 4) is 0 Å². The second-order valence-corrected chi connectivity index (χ2v) is 3.98. The number of aliphatic hydroxyl groups is 1. The Morgan fingerprint density at radius 2 is 2.47 bits per heavy atom. The zero-order valence-corrected chi connectivity index (χ0v) is 9.63. The van der Waals surface area contributed by atoms with Crippen molar-refractivity contribution in [2.24, 2.45) is 0 Å². The number of β-amino-alcohol motifs (C(OH)–C–C–N with tert-alkyl or cyclic N) is 1. The number of nitrogens with zero attached hydrogens (tertiary/aromatic N) is 3. The summed E-state index contributed by atoms with van der Waals surface area (Å²) in [6.07, 6.45) is 1.04. The summed E-state index contributed by atoms with van der Waals surface area (Å²) in [5.74, 6) is -0.113.